The molecule has 0 fully saturated rings. The van der Waals surface area contributed by atoms with E-state index in [1.165, 1.54) is 5.56 Å². The lowest BCUT2D eigenvalue weighted by Crippen LogP contribution is -2.08. The zero-order chi connectivity index (χ0) is 15.2. The topological polar surface area (TPSA) is 50.7 Å². The second-order valence-electron chi connectivity index (χ2n) is 5.48. The van der Waals surface area contributed by atoms with Crippen molar-refractivity contribution in [2.75, 3.05) is 11.9 Å². The van der Waals surface area contributed by atoms with Gasteiger partial charge in [-0.05, 0) is 25.0 Å². The van der Waals surface area contributed by atoms with Gasteiger partial charge in [-0.2, -0.15) is 0 Å². The van der Waals surface area contributed by atoms with Gasteiger partial charge < -0.3 is 5.32 Å². The summed E-state index contributed by atoms with van der Waals surface area (Å²) in [6.45, 7) is 9.30. The van der Waals surface area contributed by atoms with Crippen molar-refractivity contribution < 1.29 is 0 Å². The third-order valence-electron chi connectivity index (χ3n) is 3.33. The van der Waals surface area contributed by atoms with Crippen LogP contribution in [0.25, 0.3) is 0 Å². The highest BCUT2D eigenvalue weighted by molar-refractivity contribution is 5.37. The van der Waals surface area contributed by atoms with Gasteiger partial charge in [0.25, 0.3) is 0 Å². The van der Waals surface area contributed by atoms with E-state index >= 15 is 0 Å². The second-order valence-corrected chi connectivity index (χ2v) is 5.48. The largest absolute Gasteiger partial charge is 0.370 e. The average Bonchev–Trinajstić information content (AvgIpc) is 2.48. The zero-order valence-electron chi connectivity index (χ0n) is 13.3. The SMILES string of the molecule is CCNc1cc(Cc2ccc(CC)cn2)nc(C(C)C)n1. The summed E-state index contributed by atoms with van der Waals surface area (Å²) >= 11 is 0. The molecule has 0 aliphatic heterocycles. The van der Waals surface area contributed by atoms with Crippen LogP contribution in [0.1, 0.15) is 56.4 Å². The molecule has 2 aromatic rings. The molecule has 0 saturated heterocycles. The van der Waals surface area contributed by atoms with Crippen molar-refractivity contribution >= 4 is 5.82 Å². The van der Waals surface area contributed by atoms with E-state index in [1.54, 1.807) is 0 Å². The van der Waals surface area contributed by atoms with E-state index in [4.69, 9.17) is 0 Å². The fourth-order valence-corrected chi connectivity index (χ4v) is 2.09. The molecule has 0 aliphatic rings. The van der Waals surface area contributed by atoms with Crippen molar-refractivity contribution in [3.63, 3.8) is 0 Å². The monoisotopic (exact) mass is 284 g/mol. The van der Waals surface area contributed by atoms with Crippen LogP contribution in [-0.2, 0) is 12.8 Å². The fraction of sp³-hybridized carbons (Fsp3) is 0.471. The van der Waals surface area contributed by atoms with Crippen molar-refractivity contribution in [2.24, 2.45) is 0 Å². The van der Waals surface area contributed by atoms with E-state index in [1.807, 2.05) is 12.3 Å². The summed E-state index contributed by atoms with van der Waals surface area (Å²) in [6, 6.07) is 6.24. The van der Waals surface area contributed by atoms with Crippen molar-refractivity contribution in [2.45, 2.75) is 46.5 Å². The number of anilines is 1. The lowest BCUT2D eigenvalue weighted by Gasteiger charge is -2.11. The normalized spacial score (nSPS) is 10.9. The number of pyridine rings is 1. The summed E-state index contributed by atoms with van der Waals surface area (Å²) in [6.07, 6.45) is 3.71. The number of nitrogens with zero attached hydrogens (tertiary/aromatic N) is 3. The standard InChI is InChI=1S/C17H24N4/c1-5-13-7-8-14(19-11-13)9-15-10-16(18-6-2)21-17(20-15)12(3)4/h7-8,10-12H,5-6,9H2,1-4H3,(H,18,20,21). The second kappa shape index (κ2) is 7.16. The zero-order valence-corrected chi connectivity index (χ0v) is 13.3. The fourth-order valence-electron chi connectivity index (χ4n) is 2.09. The Morgan fingerprint density at radius 2 is 1.90 bits per heavy atom. The molecule has 2 aromatic heterocycles. The van der Waals surface area contributed by atoms with Gasteiger partial charge in [-0.15, -0.1) is 0 Å². The minimum Gasteiger partial charge on any atom is -0.370 e. The molecular formula is C17H24N4. The van der Waals surface area contributed by atoms with E-state index in [-0.39, 0.29) is 0 Å². The highest BCUT2D eigenvalue weighted by Crippen LogP contribution is 2.16. The first-order chi connectivity index (χ1) is 10.1. The Morgan fingerprint density at radius 1 is 1.10 bits per heavy atom. The first-order valence-corrected chi connectivity index (χ1v) is 7.67. The quantitative estimate of drug-likeness (QED) is 0.881. The minimum atomic E-state index is 0.317. The van der Waals surface area contributed by atoms with Crippen LogP contribution in [0.5, 0.6) is 0 Å². The predicted molar refractivity (Wildman–Crippen MR) is 86.7 cm³/mol. The molecule has 1 N–H and O–H groups in total. The van der Waals surface area contributed by atoms with Crippen LogP contribution >= 0.6 is 0 Å². The summed E-state index contributed by atoms with van der Waals surface area (Å²) in [5, 5.41) is 3.28. The molecule has 4 heteroatoms. The molecule has 2 rings (SSSR count). The van der Waals surface area contributed by atoms with Gasteiger partial charge in [0.15, 0.2) is 0 Å². The Labute approximate surface area is 127 Å². The van der Waals surface area contributed by atoms with Gasteiger partial charge in [-0.1, -0.05) is 26.8 Å². The number of aryl methyl sites for hydroxylation is 1. The van der Waals surface area contributed by atoms with Crippen molar-refractivity contribution in [1.82, 2.24) is 15.0 Å². The molecule has 0 aliphatic carbocycles. The van der Waals surface area contributed by atoms with Crippen molar-refractivity contribution in [3.8, 4) is 0 Å². The molecule has 0 atom stereocenters. The first kappa shape index (κ1) is 15.4. The average molecular weight is 284 g/mol. The Kier molecular flexibility index (Phi) is 5.26. The molecule has 0 aromatic carbocycles. The Balaban J connectivity index is 2.24. The van der Waals surface area contributed by atoms with E-state index < -0.39 is 0 Å². The number of aromatic nitrogens is 3. The molecule has 0 unspecified atom stereocenters. The van der Waals surface area contributed by atoms with Gasteiger partial charge in [0.05, 0.1) is 5.69 Å². The minimum absolute atomic E-state index is 0.317. The van der Waals surface area contributed by atoms with Crippen LogP contribution < -0.4 is 5.32 Å². The molecule has 0 bridgehead atoms. The summed E-state index contributed by atoms with van der Waals surface area (Å²) in [7, 11) is 0. The lowest BCUT2D eigenvalue weighted by atomic mass is 10.1. The smallest absolute Gasteiger partial charge is 0.133 e. The van der Waals surface area contributed by atoms with Crippen LogP contribution in [0.15, 0.2) is 24.4 Å². The van der Waals surface area contributed by atoms with Gasteiger partial charge >= 0.3 is 0 Å². The van der Waals surface area contributed by atoms with E-state index in [0.717, 1.165) is 42.4 Å². The van der Waals surface area contributed by atoms with Gasteiger partial charge in [-0.25, -0.2) is 9.97 Å². The maximum Gasteiger partial charge on any atom is 0.133 e. The van der Waals surface area contributed by atoms with Crippen LogP contribution in [-0.4, -0.2) is 21.5 Å². The van der Waals surface area contributed by atoms with Crippen LogP contribution in [0.3, 0.4) is 0 Å². The number of hydrogen-bond donors (Lipinski definition) is 1. The van der Waals surface area contributed by atoms with E-state index in [0.29, 0.717) is 5.92 Å². The molecule has 0 saturated carbocycles. The number of rotatable bonds is 6. The Hall–Kier alpha value is -1.97. The first-order valence-electron chi connectivity index (χ1n) is 7.67. The Morgan fingerprint density at radius 3 is 2.48 bits per heavy atom. The highest BCUT2D eigenvalue weighted by Gasteiger charge is 2.09. The molecule has 112 valence electrons. The summed E-state index contributed by atoms with van der Waals surface area (Å²) < 4.78 is 0. The van der Waals surface area contributed by atoms with Gasteiger partial charge in [0.1, 0.15) is 11.6 Å². The third-order valence-corrected chi connectivity index (χ3v) is 3.33. The Bertz CT molecular complexity index is 576. The van der Waals surface area contributed by atoms with Gasteiger partial charge in [0.2, 0.25) is 0 Å². The number of hydrogen-bond acceptors (Lipinski definition) is 4. The summed E-state index contributed by atoms with van der Waals surface area (Å²) in [5.41, 5.74) is 3.32. The molecule has 0 spiro atoms. The molecule has 0 radical (unpaired) electrons. The molecule has 4 nitrogen and oxygen atoms in total. The van der Waals surface area contributed by atoms with E-state index in [9.17, 15) is 0 Å². The lowest BCUT2D eigenvalue weighted by molar-refractivity contribution is 0.760. The molecule has 0 amide bonds. The van der Waals surface area contributed by atoms with Crippen LogP contribution in [0.2, 0.25) is 0 Å². The predicted octanol–water partition coefficient (Wildman–Crippen LogP) is 3.58. The van der Waals surface area contributed by atoms with Gasteiger partial charge in [0, 0.05) is 36.8 Å². The van der Waals surface area contributed by atoms with E-state index in [2.05, 4.69) is 60.1 Å². The van der Waals surface area contributed by atoms with Crippen LogP contribution in [0, 0.1) is 0 Å². The maximum absolute atomic E-state index is 4.66. The van der Waals surface area contributed by atoms with Crippen LogP contribution in [0.4, 0.5) is 5.82 Å². The van der Waals surface area contributed by atoms with Crippen molar-refractivity contribution in [1.29, 1.82) is 0 Å². The third kappa shape index (κ3) is 4.25. The maximum atomic E-state index is 4.66. The number of nitrogens with one attached hydrogen (secondary N) is 1. The molecule has 21 heavy (non-hydrogen) atoms. The summed E-state index contributed by atoms with van der Waals surface area (Å²) in [4.78, 5) is 13.7. The van der Waals surface area contributed by atoms with Crippen molar-refractivity contribution in [3.05, 3.63) is 47.2 Å². The van der Waals surface area contributed by atoms with Gasteiger partial charge in [-0.3, -0.25) is 4.98 Å². The highest BCUT2D eigenvalue weighted by atomic mass is 15.0. The molecular weight excluding hydrogens is 260 g/mol. The summed E-state index contributed by atoms with van der Waals surface area (Å²) in [5.74, 6) is 2.10. The molecule has 2 heterocycles.